The molecule has 5 heteroatoms. The van der Waals surface area contributed by atoms with Gasteiger partial charge in [-0.1, -0.05) is 23.7 Å². The average molecular weight is 459 g/mol. The summed E-state index contributed by atoms with van der Waals surface area (Å²) in [6.45, 7) is 0.581. The summed E-state index contributed by atoms with van der Waals surface area (Å²) in [6, 6.07) is 8.33. The molecule has 0 bridgehead atoms. The number of aromatic nitrogens is 2. The molecule has 0 saturated heterocycles. The normalized spacial score (nSPS) is 13.9. The van der Waals surface area contributed by atoms with Crippen LogP contribution in [0.25, 0.3) is 0 Å². The van der Waals surface area contributed by atoms with Gasteiger partial charge in [-0.3, -0.25) is 0 Å². The number of hydrogen-bond donors (Lipinski definition) is 1. The second kappa shape index (κ2) is 6.69. The number of aryl methyl sites for hydroxylation is 1. The van der Waals surface area contributed by atoms with E-state index in [4.69, 9.17) is 17.3 Å². The molecular weight excluding hydrogens is 441 g/mol. The first-order valence-electron chi connectivity index (χ1n) is 6.25. The summed E-state index contributed by atoms with van der Waals surface area (Å²) in [5.41, 5.74) is 6.47. The fourth-order valence-corrected chi connectivity index (χ4v) is 2.58. The van der Waals surface area contributed by atoms with Gasteiger partial charge in [-0.25, -0.2) is 0 Å². The molecule has 0 atom stereocenters. The van der Waals surface area contributed by atoms with Crippen LogP contribution in [0.1, 0.15) is 24.4 Å². The number of benzene rings is 1. The van der Waals surface area contributed by atoms with Crippen LogP contribution in [0, 0.1) is 3.80 Å². The van der Waals surface area contributed by atoms with Gasteiger partial charge in [0.2, 0.25) is 0 Å². The van der Waals surface area contributed by atoms with Crippen molar-refractivity contribution in [2.75, 3.05) is 0 Å². The number of halogens is 1. The minimum Gasteiger partial charge on any atom is -0.326 e. The molecule has 3 rings (SSSR count). The fraction of sp³-hybridized carbons (Fsp3) is 0.357. The van der Waals surface area contributed by atoms with E-state index in [2.05, 4.69) is 47.9 Å². The number of nitrogens with two attached hydrogens (primary N) is 1. The topological polar surface area (TPSA) is 35.9 Å². The predicted octanol–water partition coefficient (Wildman–Crippen LogP) is 3.04. The number of hydrogen-bond acceptors (Lipinski definition) is 1. The van der Waals surface area contributed by atoms with Crippen LogP contribution >= 0.6 is 11.6 Å². The molecule has 1 heterocycles. The maximum Gasteiger partial charge on any atom is 0.0406 e. The number of nitrogens with zero attached hydrogens (tertiary/aromatic N) is 2. The first-order valence-corrected chi connectivity index (χ1v) is 7.76. The number of imidazole rings is 1. The molecule has 2 aromatic rings. The monoisotopic (exact) mass is 458 g/mol. The third-order valence-corrected chi connectivity index (χ3v) is 4.65. The zero-order valence-electron chi connectivity index (χ0n) is 10.8. The first-order chi connectivity index (χ1) is 9.11. The van der Waals surface area contributed by atoms with Gasteiger partial charge in [0.25, 0.3) is 0 Å². The Hall–Kier alpha value is -0.632. The second-order valence-electron chi connectivity index (χ2n) is 4.62. The van der Waals surface area contributed by atoms with Crippen LogP contribution < -0.4 is 5.73 Å². The summed E-state index contributed by atoms with van der Waals surface area (Å²) < 4.78 is 5.84. The van der Waals surface area contributed by atoms with Gasteiger partial charge in [-0.15, -0.1) is 0 Å². The Kier molecular flexibility index (Phi) is 5.20. The summed E-state index contributed by atoms with van der Waals surface area (Å²) in [7, 11) is 2.08. The molecule has 106 valence electrons. The van der Waals surface area contributed by atoms with Crippen LogP contribution in [0.5, 0.6) is 0 Å². The summed E-state index contributed by atoms with van der Waals surface area (Å²) in [5.74, 6) is 0. The SMILES string of the molecule is Cn1ccn(C2CC2)[c]1=[Pt].NCc1ccc(Cl)cc1. The minimum absolute atomic E-state index is 0.581. The molecule has 1 aromatic carbocycles. The van der Waals surface area contributed by atoms with Gasteiger partial charge in [0.1, 0.15) is 0 Å². The number of rotatable bonds is 2. The quantitative estimate of drug-likeness (QED) is 0.738. The van der Waals surface area contributed by atoms with Gasteiger partial charge in [-0.05, 0) is 17.7 Å². The Morgan fingerprint density at radius 3 is 2.32 bits per heavy atom. The zero-order valence-corrected chi connectivity index (χ0v) is 13.9. The van der Waals surface area contributed by atoms with Crippen molar-refractivity contribution in [1.29, 1.82) is 0 Å². The van der Waals surface area contributed by atoms with E-state index in [-0.39, 0.29) is 0 Å². The van der Waals surface area contributed by atoms with E-state index < -0.39 is 0 Å². The van der Waals surface area contributed by atoms with Crippen molar-refractivity contribution in [3.63, 3.8) is 0 Å². The standard InChI is InChI=1S/C7H8ClN.C7H10N2.Pt/c8-7-3-1-6(5-9)2-4-7;1-8-4-5-9(6-8)7-2-3-7;/h1-4H,5,9H2;4-5,7H,2-3H2,1H3;. The van der Waals surface area contributed by atoms with Crippen LogP contribution in [0.3, 0.4) is 0 Å². The third-order valence-electron chi connectivity index (χ3n) is 3.01. The molecule has 2 N–H and O–H groups in total. The van der Waals surface area contributed by atoms with Crippen LogP contribution in [-0.4, -0.2) is 9.13 Å². The van der Waals surface area contributed by atoms with E-state index in [9.17, 15) is 0 Å². The molecule has 0 aliphatic heterocycles. The third kappa shape index (κ3) is 4.17. The molecular formula is C14H18ClN3Pt. The molecule has 0 radical (unpaired) electrons. The second-order valence-corrected chi connectivity index (χ2v) is 6.07. The Morgan fingerprint density at radius 2 is 1.89 bits per heavy atom. The van der Waals surface area contributed by atoms with E-state index in [1.165, 1.54) is 16.6 Å². The Labute approximate surface area is 129 Å². The van der Waals surface area contributed by atoms with Crippen LogP contribution in [0.15, 0.2) is 36.7 Å². The first kappa shape index (κ1) is 14.8. The van der Waals surface area contributed by atoms with Crippen molar-refractivity contribution in [2.45, 2.75) is 25.4 Å². The van der Waals surface area contributed by atoms with E-state index >= 15 is 0 Å². The van der Waals surface area contributed by atoms with Crippen molar-refractivity contribution in [3.8, 4) is 0 Å². The van der Waals surface area contributed by atoms with Crippen molar-refractivity contribution >= 4 is 11.6 Å². The minimum atomic E-state index is 0.581. The van der Waals surface area contributed by atoms with Crippen molar-refractivity contribution < 1.29 is 19.4 Å². The van der Waals surface area contributed by atoms with Gasteiger partial charge in [0.15, 0.2) is 0 Å². The zero-order chi connectivity index (χ0) is 13.8. The average Bonchev–Trinajstić information content (AvgIpc) is 3.20. The maximum atomic E-state index is 5.63. The van der Waals surface area contributed by atoms with Crippen LogP contribution in [-0.2, 0) is 32.9 Å². The van der Waals surface area contributed by atoms with Gasteiger partial charge < -0.3 is 5.73 Å². The van der Waals surface area contributed by atoms with Gasteiger partial charge in [-0.2, -0.15) is 0 Å². The van der Waals surface area contributed by atoms with E-state index in [0.29, 0.717) is 6.54 Å². The summed E-state index contributed by atoms with van der Waals surface area (Å²) in [4.78, 5) is 0. The van der Waals surface area contributed by atoms with Gasteiger partial charge >= 0.3 is 70.6 Å². The van der Waals surface area contributed by atoms with Crippen LogP contribution in [0.4, 0.5) is 0 Å². The predicted molar refractivity (Wildman–Crippen MR) is 74.3 cm³/mol. The van der Waals surface area contributed by atoms with Crippen molar-refractivity contribution in [2.24, 2.45) is 12.8 Å². The van der Waals surface area contributed by atoms with Crippen molar-refractivity contribution in [3.05, 3.63) is 51.0 Å². The molecule has 1 aromatic heterocycles. The molecule has 1 saturated carbocycles. The molecule has 1 fully saturated rings. The van der Waals surface area contributed by atoms with Gasteiger partial charge in [0.05, 0.1) is 0 Å². The smallest absolute Gasteiger partial charge is 0.0406 e. The van der Waals surface area contributed by atoms with E-state index in [0.717, 1.165) is 16.6 Å². The largest absolute Gasteiger partial charge is 0.326 e. The Morgan fingerprint density at radius 1 is 1.26 bits per heavy atom. The molecule has 1 aliphatic carbocycles. The molecule has 0 amide bonds. The molecule has 3 nitrogen and oxygen atoms in total. The van der Waals surface area contributed by atoms with Crippen molar-refractivity contribution in [1.82, 2.24) is 9.13 Å². The van der Waals surface area contributed by atoms with E-state index in [1.807, 2.05) is 24.3 Å². The molecule has 1 aliphatic rings. The molecule has 0 spiro atoms. The molecule has 0 unspecified atom stereocenters. The van der Waals surface area contributed by atoms with Gasteiger partial charge in [0, 0.05) is 11.6 Å². The molecule has 19 heavy (non-hydrogen) atoms. The fourth-order valence-electron chi connectivity index (χ4n) is 1.70. The summed E-state index contributed by atoms with van der Waals surface area (Å²) >= 11 is 7.99. The Bertz CT molecular complexity index is 581. The summed E-state index contributed by atoms with van der Waals surface area (Å²) in [5, 5.41) is 0.757. The summed E-state index contributed by atoms with van der Waals surface area (Å²) in [6.07, 6.45) is 7.01. The Balaban J connectivity index is 0.000000141. The van der Waals surface area contributed by atoms with E-state index in [1.54, 1.807) is 0 Å². The maximum absolute atomic E-state index is 5.63. The van der Waals surface area contributed by atoms with Crippen LogP contribution in [0.2, 0.25) is 5.02 Å².